The number of benzene rings is 1. The summed E-state index contributed by atoms with van der Waals surface area (Å²) in [5, 5.41) is 10.2. The fraction of sp³-hybridized carbons (Fsp3) is 0.438. The molecule has 2 heterocycles. The van der Waals surface area contributed by atoms with Gasteiger partial charge in [0.2, 0.25) is 0 Å². The van der Waals surface area contributed by atoms with E-state index in [2.05, 4.69) is 6.58 Å². The van der Waals surface area contributed by atoms with E-state index in [-0.39, 0.29) is 24.7 Å². The smallest absolute Gasteiger partial charge is 0.410 e. The van der Waals surface area contributed by atoms with Crippen LogP contribution in [0.3, 0.4) is 0 Å². The van der Waals surface area contributed by atoms with Gasteiger partial charge in [0.25, 0.3) is 0 Å². The second-order valence-electron chi connectivity index (χ2n) is 5.50. The van der Waals surface area contributed by atoms with Gasteiger partial charge in [-0.1, -0.05) is 17.7 Å². The van der Waals surface area contributed by atoms with Crippen LogP contribution in [0.5, 0.6) is 5.75 Å². The highest BCUT2D eigenvalue weighted by atomic mass is 35.5. The molecule has 5 nitrogen and oxygen atoms in total. The monoisotopic (exact) mass is 323 g/mol. The lowest BCUT2D eigenvalue weighted by Gasteiger charge is -2.22. The van der Waals surface area contributed by atoms with Gasteiger partial charge in [0.15, 0.2) is 0 Å². The number of carbonyl (C=O) groups excluding carboxylic acids is 1. The molecule has 0 bridgehead atoms. The highest BCUT2D eigenvalue weighted by Gasteiger charge is 2.51. The maximum Gasteiger partial charge on any atom is 0.410 e. The number of hydrogen-bond donors (Lipinski definition) is 1. The maximum atomic E-state index is 12.3. The number of aliphatic hydroxyl groups is 1. The Kier molecular flexibility index (Phi) is 4.27. The second kappa shape index (κ2) is 6.18. The van der Waals surface area contributed by atoms with Gasteiger partial charge < -0.3 is 14.6 Å². The number of halogens is 1. The topological polar surface area (TPSA) is 59.0 Å². The van der Waals surface area contributed by atoms with E-state index in [1.54, 1.807) is 23.1 Å². The van der Waals surface area contributed by atoms with Gasteiger partial charge in [-0.05, 0) is 24.6 Å². The largest absolute Gasteiger partial charge is 0.487 e. The maximum absolute atomic E-state index is 12.3. The molecule has 1 N–H and O–H groups in total. The average Bonchev–Trinajstić information content (AvgIpc) is 3.04. The van der Waals surface area contributed by atoms with Gasteiger partial charge in [-0.2, -0.15) is 0 Å². The molecule has 118 valence electrons. The molecular weight excluding hydrogens is 306 g/mol. The summed E-state index contributed by atoms with van der Waals surface area (Å²) < 4.78 is 11.2. The first-order valence-electron chi connectivity index (χ1n) is 7.27. The minimum Gasteiger partial charge on any atom is -0.487 e. The molecule has 1 aromatic rings. The van der Waals surface area contributed by atoms with Crippen molar-refractivity contribution >= 4 is 17.7 Å². The first kappa shape index (κ1) is 15.2. The standard InChI is InChI=1S/C16H18ClNO4/c1-2-3-6-21-16(20)18-8-10(9-19)15-14(18)12-7-11(17)4-5-13(12)22-15/h2,4-5,7,10,14-15,19H,1,3,6,8-9H2/t10-,14-,15-/m0/s1. The molecule has 1 fully saturated rings. The van der Waals surface area contributed by atoms with Crippen LogP contribution in [0.4, 0.5) is 4.79 Å². The number of aliphatic hydroxyl groups excluding tert-OH is 1. The van der Waals surface area contributed by atoms with Crippen molar-refractivity contribution in [2.45, 2.75) is 18.6 Å². The van der Waals surface area contributed by atoms with Crippen molar-refractivity contribution in [2.24, 2.45) is 5.92 Å². The summed E-state index contributed by atoms with van der Waals surface area (Å²) in [4.78, 5) is 13.9. The lowest BCUT2D eigenvalue weighted by atomic mass is 9.99. The summed E-state index contributed by atoms with van der Waals surface area (Å²) in [5.74, 6) is 0.574. The molecule has 22 heavy (non-hydrogen) atoms. The molecule has 3 rings (SSSR count). The predicted octanol–water partition coefficient (Wildman–Crippen LogP) is 2.78. The zero-order valence-electron chi connectivity index (χ0n) is 12.1. The van der Waals surface area contributed by atoms with E-state index in [9.17, 15) is 9.90 Å². The van der Waals surface area contributed by atoms with Gasteiger partial charge in [0, 0.05) is 23.0 Å². The quantitative estimate of drug-likeness (QED) is 0.684. The van der Waals surface area contributed by atoms with E-state index in [0.29, 0.717) is 30.3 Å². The number of ether oxygens (including phenoxy) is 2. The van der Waals surface area contributed by atoms with Gasteiger partial charge in [-0.15, -0.1) is 6.58 Å². The Morgan fingerprint density at radius 1 is 1.59 bits per heavy atom. The average molecular weight is 324 g/mol. The van der Waals surface area contributed by atoms with E-state index in [0.717, 1.165) is 5.56 Å². The van der Waals surface area contributed by atoms with Crippen LogP contribution in [0, 0.1) is 5.92 Å². The summed E-state index contributed by atoms with van der Waals surface area (Å²) >= 11 is 6.06. The highest BCUT2D eigenvalue weighted by Crippen LogP contribution is 2.48. The Hall–Kier alpha value is -1.72. The van der Waals surface area contributed by atoms with Crippen LogP contribution in [0.15, 0.2) is 30.9 Å². The zero-order valence-corrected chi connectivity index (χ0v) is 12.8. The number of nitrogens with zero attached hydrogens (tertiary/aromatic N) is 1. The summed E-state index contributed by atoms with van der Waals surface area (Å²) in [6, 6.07) is 5.10. The third kappa shape index (κ3) is 2.55. The van der Waals surface area contributed by atoms with Crippen molar-refractivity contribution in [3.8, 4) is 5.75 Å². The second-order valence-corrected chi connectivity index (χ2v) is 5.93. The fourth-order valence-corrected chi connectivity index (χ4v) is 3.26. The molecule has 0 aliphatic carbocycles. The summed E-state index contributed by atoms with van der Waals surface area (Å²) in [6.45, 7) is 4.26. The lowest BCUT2D eigenvalue weighted by molar-refractivity contribution is 0.0911. The molecule has 1 aromatic carbocycles. The Bertz CT molecular complexity index is 592. The van der Waals surface area contributed by atoms with Crippen molar-refractivity contribution in [1.82, 2.24) is 4.90 Å². The predicted molar refractivity (Wildman–Crippen MR) is 82.1 cm³/mol. The van der Waals surface area contributed by atoms with Crippen LogP contribution in [-0.4, -0.2) is 42.0 Å². The minimum atomic E-state index is -0.399. The van der Waals surface area contributed by atoms with Gasteiger partial charge >= 0.3 is 6.09 Å². The summed E-state index contributed by atoms with van der Waals surface area (Å²) in [6.07, 6.45) is 1.65. The van der Waals surface area contributed by atoms with E-state index >= 15 is 0 Å². The number of carbonyl (C=O) groups is 1. The van der Waals surface area contributed by atoms with Crippen LogP contribution < -0.4 is 4.74 Å². The molecule has 0 radical (unpaired) electrons. The molecule has 1 saturated heterocycles. The van der Waals surface area contributed by atoms with E-state index in [1.165, 1.54) is 0 Å². The molecular formula is C16H18ClNO4. The molecule has 3 atom stereocenters. The van der Waals surface area contributed by atoms with Crippen LogP contribution in [0.25, 0.3) is 0 Å². The Labute approximate surface area is 134 Å². The number of amides is 1. The van der Waals surface area contributed by atoms with Gasteiger partial charge in [0.05, 0.1) is 13.2 Å². The molecule has 0 unspecified atom stereocenters. The fourth-order valence-electron chi connectivity index (χ4n) is 3.08. The van der Waals surface area contributed by atoms with E-state index in [1.807, 2.05) is 6.07 Å². The number of fused-ring (bicyclic) bond motifs is 3. The summed E-state index contributed by atoms with van der Waals surface area (Å²) in [5.41, 5.74) is 0.870. The normalized spacial score (nSPS) is 25.4. The van der Waals surface area contributed by atoms with E-state index < -0.39 is 6.09 Å². The molecule has 0 saturated carbocycles. The van der Waals surface area contributed by atoms with Gasteiger partial charge in [0.1, 0.15) is 17.9 Å². The Balaban J connectivity index is 1.85. The molecule has 0 aromatic heterocycles. The van der Waals surface area contributed by atoms with Crippen molar-refractivity contribution < 1.29 is 19.4 Å². The number of rotatable bonds is 4. The van der Waals surface area contributed by atoms with Crippen LogP contribution in [-0.2, 0) is 4.74 Å². The lowest BCUT2D eigenvalue weighted by Crippen LogP contribution is -2.32. The molecule has 2 aliphatic rings. The zero-order chi connectivity index (χ0) is 15.7. The SMILES string of the molecule is C=CCCOC(=O)N1C[C@@H](CO)[C@@H]2Oc3ccc(Cl)cc3[C@@H]21. The summed E-state index contributed by atoms with van der Waals surface area (Å²) in [7, 11) is 0. The first-order valence-corrected chi connectivity index (χ1v) is 7.64. The number of hydrogen-bond acceptors (Lipinski definition) is 4. The van der Waals surface area contributed by atoms with Crippen LogP contribution in [0.2, 0.25) is 5.02 Å². The molecule has 2 aliphatic heterocycles. The van der Waals surface area contributed by atoms with Crippen molar-refractivity contribution in [3.63, 3.8) is 0 Å². The highest BCUT2D eigenvalue weighted by molar-refractivity contribution is 6.30. The van der Waals surface area contributed by atoms with Crippen molar-refractivity contribution in [1.29, 1.82) is 0 Å². The van der Waals surface area contributed by atoms with E-state index in [4.69, 9.17) is 21.1 Å². The van der Waals surface area contributed by atoms with Crippen LogP contribution >= 0.6 is 11.6 Å². The number of likely N-dealkylation sites (tertiary alicyclic amines) is 1. The Morgan fingerprint density at radius 2 is 2.41 bits per heavy atom. The third-order valence-electron chi connectivity index (χ3n) is 4.11. The third-order valence-corrected chi connectivity index (χ3v) is 4.35. The molecule has 1 amide bonds. The Morgan fingerprint density at radius 3 is 3.14 bits per heavy atom. The van der Waals surface area contributed by atoms with Crippen molar-refractivity contribution in [3.05, 3.63) is 41.4 Å². The first-order chi connectivity index (χ1) is 10.7. The van der Waals surface area contributed by atoms with Crippen LogP contribution in [0.1, 0.15) is 18.0 Å². The molecule has 0 spiro atoms. The van der Waals surface area contributed by atoms with Gasteiger partial charge in [-0.25, -0.2) is 4.79 Å². The van der Waals surface area contributed by atoms with Crippen molar-refractivity contribution in [2.75, 3.05) is 19.8 Å². The minimum absolute atomic E-state index is 0.0423. The molecule has 6 heteroatoms. The van der Waals surface area contributed by atoms with Gasteiger partial charge in [-0.3, -0.25) is 4.90 Å².